The first-order valence-electron chi connectivity index (χ1n) is 7.35. The maximum atomic E-state index is 12.0. The lowest BCUT2D eigenvalue weighted by Crippen LogP contribution is -2.15. The van der Waals surface area contributed by atoms with Crippen LogP contribution in [0.5, 0.6) is 5.75 Å². The van der Waals surface area contributed by atoms with E-state index >= 15 is 0 Å². The second kappa shape index (κ2) is 7.02. The molecule has 0 saturated heterocycles. The van der Waals surface area contributed by atoms with Crippen molar-refractivity contribution in [3.8, 4) is 5.75 Å². The summed E-state index contributed by atoms with van der Waals surface area (Å²) in [6.45, 7) is 2.78. The first kappa shape index (κ1) is 15.8. The normalized spacial score (nSPS) is 13.1. The molecule has 0 radical (unpaired) electrons. The van der Waals surface area contributed by atoms with E-state index in [4.69, 9.17) is 25.8 Å². The largest absolute Gasteiger partial charge is 0.467 e. The Balaban J connectivity index is 1.65. The Morgan fingerprint density at radius 1 is 1.26 bits per heavy atom. The molecule has 1 aliphatic rings. The van der Waals surface area contributed by atoms with E-state index in [2.05, 4.69) is 0 Å². The molecule has 2 aromatic rings. The molecule has 0 N–H and O–H groups in total. The number of esters is 1. The highest BCUT2D eigenvalue weighted by molar-refractivity contribution is 6.30. The van der Waals surface area contributed by atoms with Crippen LogP contribution in [0.1, 0.15) is 22.3 Å². The molecule has 4 nitrogen and oxygen atoms in total. The summed E-state index contributed by atoms with van der Waals surface area (Å²) in [5, 5.41) is 0.572. The van der Waals surface area contributed by atoms with Crippen molar-refractivity contribution in [2.45, 2.75) is 26.6 Å². The SMILES string of the molecule is Cc1ccc(CC(=O)OCc2cc(Cl)cc3c2OCOC3)cc1. The number of hydrogen-bond donors (Lipinski definition) is 0. The number of aryl methyl sites for hydroxylation is 1. The summed E-state index contributed by atoms with van der Waals surface area (Å²) in [7, 11) is 0. The molecule has 120 valence electrons. The molecule has 23 heavy (non-hydrogen) atoms. The zero-order valence-electron chi connectivity index (χ0n) is 12.8. The number of carbonyl (C=O) groups excluding carboxylic acids is 1. The van der Waals surface area contributed by atoms with Crippen molar-refractivity contribution >= 4 is 17.6 Å². The van der Waals surface area contributed by atoms with Gasteiger partial charge in [-0.25, -0.2) is 0 Å². The van der Waals surface area contributed by atoms with Crippen LogP contribution >= 0.6 is 11.6 Å². The van der Waals surface area contributed by atoms with Crippen molar-refractivity contribution in [1.82, 2.24) is 0 Å². The van der Waals surface area contributed by atoms with Gasteiger partial charge < -0.3 is 14.2 Å². The lowest BCUT2D eigenvalue weighted by Gasteiger charge is -2.21. The van der Waals surface area contributed by atoms with E-state index in [0.717, 1.165) is 22.3 Å². The van der Waals surface area contributed by atoms with E-state index in [1.165, 1.54) is 0 Å². The molecule has 0 fully saturated rings. The summed E-state index contributed by atoms with van der Waals surface area (Å²) in [6.07, 6.45) is 0.243. The molecular weight excluding hydrogens is 316 g/mol. The topological polar surface area (TPSA) is 44.8 Å². The molecule has 0 aromatic heterocycles. The van der Waals surface area contributed by atoms with Gasteiger partial charge in [0.05, 0.1) is 13.0 Å². The van der Waals surface area contributed by atoms with Gasteiger partial charge in [-0.2, -0.15) is 0 Å². The molecule has 0 unspecified atom stereocenters. The molecule has 0 spiro atoms. The summed E-state index contributed by atoms with van der Waals surface area (Å²) in [5.74, 6) is 0.415. The summed E-state index contributed by atoms with van der Waals surface area (Å²) < 4.78 is 16.1. The second-order valence-corrected chi connectivity index (χ2v) is 5.92. The smallest absolute Gasteiger partial charge is 0.310 e. The van der Waals surface area contributed by atoms with Crippen LogP contribution in [0, 0.1) is 6.92 Å². The molecule has 0 aliphatic carbocycles. The third-order valence-corrected chi connectivity index (χ3v) is 3.83. The van der Waals surface area contributed by atoms with Crippen molar-refractivity contribution in [2.24, 2.45) is 0 Å². The number of carbonyl (C=O) groups is 1. The van der Waals surface area contributed by atoms with E-state index in [1.54, 1.807) is 12.1 Å². The Hall–Kier alpha value is -2.04. The van der Waals surface area contributed by atoms with E-state index in [-0.39, 0.29) is 25.8 Å². The number of ether oxygens (including phenoxy) is 3. The predicted molar refractivity (Wildman–Crippen MR) is 86.4 cm³/mol. The number of hydrogen-bond acceptors (Lipinski definition) is 4. The average molecular weight is 333 g/mol. The van der Waals surface area contributed by atoms with Crippen LogP contribution in [0.2, 0.25) is 5.02 Å². The molecule has 3 rings (SSSR count). The van der Waals surface area contributed by atoms with Crippen LogP contribution < -0.4 is 4.74 Å². The highest BCUT2D eigenvalue weighted by Crippen LogP contribution is 2.32. The van der Waals surface area contributed by atoms with Crippen LogP contribution in [0.4, 0.5) is 0 Å². The highest BCUT2D eigenvalue weighted by atomic mass is 35.5. The van der Waals surface area contributed by atoms with Gasteiger partial charge in [-0.15, -0.1) is 0 Å². The fourth-order valence-corrected chi connectivity index (χ4v) is 2.71. The minimum atomic E-state index is -0.283. The number of rotatable bonds is 4. The molecule has 0 saturated carbocycles. The van der Waals surface area contributed by atoms with Crippen molar-refractivity contribution in [3.05, 3.63) is 63.7 Å². The van der Waals surface area contributed by atoms with Gasteiger partial charge in [0, 0.05) is 16.1 Å². The van der Waals surface area contributed by atoms with Crippen LogP contribution in [-0.2, 0) is 33.9 Å². The van der Waals surface area contributed by atoms with Gasteiger partial charge in [-0.3, -0.25) is 4.79 Å². The van der Waals surface area contributed by atoms with E-state index in [1.807, 2.05) is 31.2 Å². The van der Waals surface area contributed by atoms with Crippen molar-refractivity contribution < 1.29 is 19.0 Å². The molecule has 0 amide bonds. The average Bonchev–Trinajstić information content (AvgIpc) is 2.54. The van der Waals surface area contributed by atoms with E-state index in [0.29, 0.717) is 17.4 Å². The summed E-state index contributed by atoms with van der Waals surface area (Å²) in [4.78, 5) is 12.0. The van der Waals surface area contributed by atoms with Crippen LogP contribution in [0.15, 0.2) is 36.4 Å². The zero-order chi connectivity index (χ0) is 16.2. The Labute approximate surface area is 139 Å². The highest BCUT2D eigenvalue weighted by Gasteiger charge is 2.17. The van der Waals surface area contributed by atoms with Crippen molar-refractivity contribution in [3.63, 3.8) is 0 Å². The Morgan fingerprint density at radius 2 is 2.04 bits per heavy atom. The number of benzene rings is 2. The first-order valence-corrected chi connectivity index (χ1v) is 7.72. The maximum absolute atomic E-state index is 12.0. The standard InChI is InChI=1S/C18H17ClO4/c1-12-2-4-13(5-3-12)6-17(20)22-10-15-8-16(19)7-14-9-21-11-23-18(14)15/h2-5,7-8H,6,9-11H2,1H3. The molecule has 0 atom stereocenters. The third kappa shape index (κ3) is 4.03. The molecular formula is C18H17ClO4. The lowest BCUT2D eigenvalue weighted by atomic mass is 10.1. The summed E-state index contributed by atoms with van der Waals surface area (Å²) >= 11 is 6.09. The van der Waals surface area contributed by atoms with Gasteiger partial charge in [0.1, 0.15) is 12.4 Å². The molecule has 0 bridgehead atoms. The maximum Gasteiger partial charge on any atom is 0.310 e. The lowest BCUT2D eigenvalue weighted by molar-refractivity contribution is -0.144. The third-order valence-electron chi connectivity index (χ3n) is 3.61. The van der Waals surface area contributed by atoms with Gasteiger partial charge in [0.15, 0.2) is 6.79 Å². The zero-order valence-corrected chi connectivity index (χ0v) is 13.6. The van der Waals surface area contributed by atoms with Crippen LogP contribution in [0.3, 0.4) is 0 Å². The van der Waals surface area contributed by atoms with Crippen molar-refractivity contribution in [1.29, 1.82) is 0 Å². The minimum absolute atomic E-state index is 0.133. The van der Waals surface area contributed by atoms with Gasteiger partial charge in [-0.1, -0.05) is 41.4 Å². The monoisotopic (exact) mass is 332 g/mol. The molecule has 5 heteroatoms. The minimum Gasteiger partial charge on any atom is -0.467 e. The van der Waals surface area contributed by atoms with Gasteiger partial charge in [-0.05, 0) is 24.6 Å². The van der Waals surface area contributed by atoms with E-state index < -0.39 is 0 Å². The Morgan fingerprint density at radius 3 is 2.83 bits per heavy atom. The predicted octanol–water partition coefficient (Wildman–Crippen LogP) is 3.80. The van der Waals surface area contributed by atoms with Crippen LogP contribution in [-0.4, -0.2) is 12.8 Å². The second-order valence-electron chi connectivity index (χ2n) is 5.49. The van der Waals surface area contributed by atoms with Gasteiger partial charge >= 0.3 is 5.97 Å². The van der Waals surface area contributed by atoms with E-state index in [9.17, 15) is 4.79 Å². The van der Waals surface area contributed by atoms with Crippen molar-refractivity contribution in [2.75, 3.05) is 6.79 Å². The quantitative estimate of drug-likeness (QED) is 0.799. The Kier molecular flexibility index (Phi) is 4.84. The fraction of sp³-hybridized carbons (Fsp3) is 0.278. The summed E-state index contributed by atoms with van der Waals surface area (Å²) in [6, 6.07) is 11.4. The van der Waals surface area contributed by atoms with Gasteiger partial charge in [0.25, 0.3) is 0 Å². The number of fused-ring (bicyclic) bond motifs is 1. The fourth-order valence-electron chi connectivity index (χ4n) is 2.45. The summed E-state index contributed by atoms with van der Waals surface area (Å²) in [5.41, 5.74) is 3.71. The number of halogens is 1. The van der Waals surface area contributed by atoms with Crippen LogP contribution in [0.25, 0.3) is 0 Å². The molecule has 2 aromatic carbocycles. The Bertz CT molecular complexity index is 710. The van der Waals surface area contributed by atoms with Gasteiger partial charge in [0.2, 0.25) is 0 Å². The molecule has 1 heterocycles. The first-order chi connectivity index (χ1) is 11.1. The molecule has 1 aliphatic heterocycles.